The summed E-state index contributed by atoms with van der Waals surface area (Å²) in [5.41, 5.74) is 10.0. The van der Waals surface area contributed by atoms with Gasteiger partial charge in [-0.25, -0.2) is 9.97 Å². The number of carbonyl (C=O) groups excluding carboxylic acids is 2. The van der Waals surface area contributed by atoms with Gasteiger partial charge in [-0.1, -0.05) is 36.9 Å². The predicted octanol–water partition coefficient (Wildman–Crippen LogP) is 3.69. The molecule has 36 heavy (non-hydrogen) atoms. The van der Waals surface area contributed by atoms with Crippen molar-refractivity contribution in [1.29, 1.82) is 0 Å². The zero-order valence-corrected chi connectivity index (χ0v) is 19.7. The maximum Gasteiger partial charge on any atom is 0.246 e. The molecule has 0 radical (unpaired) electrons. The molecular weight excluding hydrogens is 452 g/mol. The van der Waals surface area contributed by atoms with Crippen molar-refractivity contribution in [2.45, 2.75) is 31.2 Å². The maximum atomic E-state index is 12.8. The van der Waals surface area contributed by atoms with E-state index in [9.17, 15) is 9.59 Å². The van der Waals surface area contributed by atoms with Gasteiger partial charge >= 0.3 is 0 Å². The number of nitrogens with two attached hydrogens (primary N) is 1. The summed E-state index contributed by atoms with van der Waals surface area (Å²) in [7, 11) is 0. The van der Waals surface area contributed by atoms with Crippen molar-refractivity contribution in [2.24, 2.45) is 5.92 Å². The third-order valence-electron chi connectivity index (χ3n) is 7.43. The summed E-state index contributed by atoms with van der Waals surface area (Å²) in [6.45, 7) is 4.45. The van der Waals surface area contributed by atoms with E-state index in [1.807, 2.05) is 58.0 Å². The number of benzene rings is 1. The van der Waals surface area contributed by atoms with Gasteiger partial charge in [0.25, 0.3) is 0 Å². The van der Waals surface area contributed by atoms with Crippen molar-refractivity contribution in [3.05, 3.63) is 90.8 Å². The Kier molecular flexibility index (Phi) is 5.36. The number of likely N-dealkylation sites (tertiary alicyclic amines) is 1. The Balaban J connectivity index is 1.35. The van der Waals surface area contributed by atoms with E-state index in [1.54, 1.807) is 12.4 Å². The topological polar surface area (TPSA) is 106 Å². The summed E-state index contributed by atoms with van der Waals surface area (Å²) >= 11 is 0. The van der Waals surface area contributed by atoms with Crippen LogP contribution >= 0.6 is 0 Å². The smallest absolute Gasteiger partial charge is 0.246 e. The molecule has 2 fully saturated rings. The van der Waals surface area contributed by atoms with Crippen LogP contribution in [0.4, 0.5) is 5.82 Å². The second-order valence-corrected chi connectivity index (χ2v) is 9.55. The molecule has 3 aromatic heterocycles. The van der Waals surface area contributed by atoms with E-state index in [1.165, 1.54) is 6.08 Å². The number of amides is 1. The average Bonchev–Trinajstić information content (AvgIpc) is 3.62. The Morgan fingerprint density at radius 1 is 1.08 bits per heavy atom. The SMILES string of the molecule is C=CC(=O)N1CC2CC(c3nc(-c4ccc(C(=O)Cc5ccccn5)cc4)c4c(N)nccn34)[C@@H]1C2. The molecule has 180 valence electrons. The first-order valence-corrected chi connectivity index (χ1v) is 12.1. The van der Waals surface area contributed by atoms with Crippen LogP contribution in [0.15, 0.2) is 73.7 Å². The number of pyridine rings is 1. The molecule has 4 heterocycles. The van der Waals surface area contributed by atoms with Gasteiger partial charge in [-0.15, -0.1) is 0 Å². The minimum atomic E-state index is -0.0274. The minimum absolute atomic E-state index is 0.00535. The van der Waals surface area contributed by atoms with Gasteiger partial charge in [0, 0.05) is 53.9 Å². The molecule has 1 saturated carbocycles. The van der Waals surface area contributed by atoms with Crippen molar-refractivity contribution in [3.8, 4) is 11.3 Å². The molecule has 2 N–H and O–H groups in total. The second kappa shape index (κ2) is 8.71. The van der Waals surface area contributed by atoms with Gasteiger partial charge in [0.1, 0.15) is 22.9 Å². The fraction of sp³-hybridized carbons (Fsp3) is 0.250. The highest BCUT2D eigenvalue weighted by Crippen LogP contribution is 2.47. The van der Waals surface area contributed by atoms with Crippen LogP contribution < -0.4 is 5.73 Å². The number of nitrogen functional groups attached to an aromatic ring is 1. The van der Waals surface area contributed by atoms with Crippen molar-refractivity contribution in [2.75, 3.05) is 12.3 Å². The van der Waals surface area contributed by atoms with Crippen LogP contribution in [0, 0.1) is 5.92 Å². The summed E-state index contributed by atoms with van der Waals surface area (Å²) < 4.78 is 2.01. The van der Waals surface area contributed by atoms with Crippen LogP contribution in [0.3, 0.4) is 0 Å². The van der Waals surface area contributed by atoms with Gasteiger partial charge in [-0.05, 0) is 37.0 Å². The maximum absolute atomic E-state index is 12.8. The Bertz CT molecular complexity index is 1480. The van der Waals surface area contributed by atoms with Gasteiger partial charge in [0.05, 0.1) is 6.42 Å². The number of imidazole rings is 1. The molecule has 1 aliphatic carbocycles. The quantitative estimate of drug-likeness (QED) is 0.335. The molecule has 6 rings (SSSR count). The van der Waals surface area contributed by atoms with E-state index in [4.69, 9.17) is 10.7 Å². The first-order valence-electron chi connectivity index (χ1n) is 12.1. The van der Waals surface area contributed by atoms with Crippen molar-refractivity contribution >= 4 is 23.0 Å². The lowest BCUT2D eigenvalue weighted by molar-refractivity contribution is -0.128. The normalized spacial score (nSPS) is 20.7. The number of piperidine rings is 1. The standard InChI is InChI=1S/C28H26N6O2/c1-2-24(36)34-16-17-13-21(22(34)14-17)28-32-25(26-27(29)31-11-12-33(26)28)19-8-6-18(7-9-19)23(35)15-20-5-3-4-10-30-20/h2-12,17,21-22H,1,13-16H2,(H2,29,31)/t17?,21?,22-/m0/s1. The van der Waals surface area contributed by atoms with E-state index in [0.29, 0.717) is 17.3 Å². The monoisotopic (exact) mass is 478 g/mol. The molecule has 8 heteroatoms. The zero-order valence-electron chi connectivity index (χ0n) is 19.7. The number of rotatable bonds is 6. The molecule has 2 unspecified atom stereocenters. The average molecular weight is 479 g/mol. The lowest BCUT2D eigenvalue weighted by Crippen LogP contribution is -2.41. The summed E-state index contributed by atoms with van der Waals surface area (Å²) in [5, 5.41) is 0. The van der Waals surface area contributed by atoms with Crippen molar-refractivity contribution in [1.82, 2.24) is 24.3 Å². The van der Waals surface area contributed by atoms with Crippen LogP contribution in [-0.4, -0.2) is 48.5 Å². The highest BCUT2D eigenvalue weighted by atomic mass is 16.2. The second-order valence-electron chi connectivity index (χ2n) is 9.55. The molecule has 4 aromatic rings. The summed E-state index contributed by atoms with van der Waals surface area (Å²) in [5.74, 6) is 1.83. The molecule has 1 saturated heterocycles. The van der Waals surface area contributed by atoms with Gasteiger partial charge in [-0.2, -0.15) is 0 Å². The number of aromatic nitrogens is 4. The van der Waals surface area contributed by atoms with E-state index in [-0.39, 0.29) is 30.1 Å². The van der Waals surface area contributed by atoms with Gasteiger partial charge in [0.2, 0.25) is 5.91 Å². The highest BCUT2D eigenvalue weighted by Gasteiger charge is 2.48. The lowest BCUT2D eigenvalue weighted by atomic mass is 9.97. The number of hydrogen-bond donors (Lipinski definition) is 1. The molecule has 2 aliphatic rings. The van der Waals surface area contributed by atoms with Gasteiger partial charge < -0.3 is 10.6 Å². The molecule has 1 aliphatic heterocycles. The number of hydrogen-bond acceptors (Lipinski definition) is 6. The lowest BCUT2D eigenvalue weighted by Gasteiger charge is -2.32. The van der Waals surface area contributed by atoms with Gasteiger partial charge in [-0.3, -0.25) is 19.0 Å². The van der Waals surface area contributed by atoms with Gasteiger partial charge in [0.15, 0.2) is 5.78 Å². The first kappa shape index (κ1) is 22.2. The highest BCUT2D eigenvalue weighted by molar-refractivity contribution is 5.98. The molecule has 2 bridgehead atoms. The number of nitrogens with zero attached hydrogens (tertiary/aromatic N) is 5. The van der Waals surface area contributed by atoms with E-state index in [2.05, 4.69) is 16.5 Å². The number of Topliss-reactive ketones (excluding diaryl/α,β-unsaturated/α-hetero) is 1. The van der Waals surface area contributed by atoms with Crippen LogP contribution in [-0.2, 0) is 11.2 Å². The van der Waals surface area contributed by atoms with E-state index < -0.39 is 0 Å². The number of ketones is 1. The fourth-order valence-corrected chi connectivity index (χ4v) is 5.81. The number of fused-ring (bicyclic) bond motifs is 3. The zero-order chi connectivity index (χ0) is 24.8. The summed E-state index contributed by atoms with van der Waals surface area (Å²) in [6.07, 6.45) is 8.85. The Morgan fingerprint density at radius 3 is 2.64 bits per heavy atom. The first-order chi connectivity index (χ1) is 17.5. The Hall–Kier alpha value is -4.33. The molecule has 1 amide bonds. The predicted molar refractivity (Wildman–Crippen MR) is 136 cm³/mol. The van der Waals surface area contributed by atoms with Crippen LogP contribution in [0.25, 0.3) is 16.8 Å². The summed E-state index contributed by atoms with van der Waals surface area (Å²) in [6, 6.07) is 13.1. The van der Waals surface area contributed by atoms with Crippen LogP contribution in [0.1, 0.15) is 40.6 Å². The third kappa shape index (κ3) is 3.66. The fourth-order valence-electron chi connectivity index (χ4n) is 5.81. The van der Waals surface area contributed by atoms with Crippen LogP contribution in [0.5, 0.6) is 0 Å². The molecule has 0 spiro atoms. The number of carbonyl (C=O) groups is 2. The molecule has 1 aromatic carbocycles. The Morgan fingerprint density at radius 2 is 1.92 bits per heavy atom. The van der Waals surface area contributed by atoms with Crippen molar-refractivity contribution < 1.29 is 9.59 Å². The van der Waals surface area contributed by atoms with E-state index >= 15 is 0 Å². The third-order valence-corrected chi connectivity index (χ3v) is 7.43. The molecule has 8 nitrogen and oxygen atoms in total. The minimum Gasteiger partial charge on any atom is -0.382 e. The van der Waals surface area contributed by atoms with Crippen LogP contribution in [0.2, 0.25) is 0 Å². The largest absolute Gasteiger partial charge is 0.382 e. The van der Waals surface area contributed by atoms with Crippen molar-refractivity contribution in [3.63, 3.8) is 0 Å². The Labute approximate surface area is 208 Å². The van der Waals surface area contributed by atoms with E-state index in [0.717, 1.165) is 47.7 Å². The molecular formula is C28H26N6O2. The number of anilines is 1. The molecule has 3 atom stereocenters. The summed E-state index contributed by atoms with van der Waals surface area (Å²) in [4.78, 5) is 40.8.